The third-order valence-electron chi connectivity index (χ3n) is 4.88. The van der Waals surface area contributed by atoms with E-state index in [0.717, 1.165) is 36.3 Å². The molecule has 6 nitrogen and oxygen atoms in total. The number of hydrogen-bond acceptors (Lipinski definition) is 4. The van der Waals surface area contributed by atoms with Gasteiger partial charge < -0.3 is 9.64 Å². The molecule has 3 rings (SSSR count). The van der Waals surface area contributed by atoms with Crippen LogP contribution in [0.15, 0.2) is 53.4 Å². The van der Waals surface area contributed by atoms with Gasteiger partial charge in [-0.3, -0.25) is 4.79 Å². The lowest BCUT2D eigenvalue weighted by Crippen LogP contribution is -2.26. The van der Waals surface area contributed by atoms with Gasteiger partial charge in [-0.15, -0.1) is 0 Å². The molecular weight excluding hydrogens is 388 g/mol. The van der Waals surface area contributed by atoms with Crippen LogP contribution in [0.1, 0.15) is 38.2 Å². The van der Waals surface area contributed by atoms with E-state index in [9.17, 15) is 13.2 Å². The Balaban J connectivity index is 1.53. The minimum absolute atomic E-state index is 0.0851. The van der Waals surface area contributed by atoms with Crippen LogP contribution < -0.4 is 14.4 Å². The van der Waals surface area contributed by atoms with E-state index in [1.807, 2.05) is 24.3 Å². The van der Waals surface area contributed by atoms with Crippen molar-refractivity contribution in [2.24, 2.45) is 0 Å². The lowest BCUT2D eigenvalue weighted by Gasteiger charge is -2.16. The second-order valence-electron chi connectivity index (χ2n) is 7.10. The van der Waals surface area contributed by atoms with E-state index >= 15 is 0 Å². The van der Waals surface area contributed by atoms with Gasteiger partial charge in [0.25, 0.3) is 0 Å². The van der Waals surface area contributed by atoms with Crippen LogP contribution in [0.2, 0.25) is 0 Å². The number of carbonyl (C=O) groups is 1. The summed E-state index contributed by atoms with van der Waals surface area (Å²) in [5.74, 6) is 0.950. The number of anilines is 1. The molecule has 1 heterocycles. The van der Waals surface area contributed by atoms with Gasteiger partial charge in [-0.1, -0.05) is 25.1 Å². The molecule has 156 valence electrons. The van der Waals surface area contributed by atoms with E-state index in [2.05, 4.69) is 11.6 Å². The van der Waals surface area contributed by atoms with Crippen molar-refractivity contribution in [2.75, 3.05) is 24.6 Å². The Bertz CT molecular complexity index is 926. The molecule has 2 aromatic rings. The summed E-state index contributed by atoms with van der Waals surface area (Å²) in [6, 6.07) is 14.4. The molecule has 2 aromatic carbocycles. The molecule has 1 saturated heterocycles. The molecule has 0 atom stereocenters. The van der Waals surface area contributed by atoms with E-state index in [-0.39, 0.29) is 10.8 Å². The van der Waals surface area contributed by atoms with Crippen LogP contribution in [0.25, 0.3) is 0 Å². The molecule has 0 saturated carbocycles. The van der Waals surface area contributed by atoms with Crippen LogP contribution in [0.4, 0.5) is 5.69 Å². The van der Waals surface area contributed by atoms with Crippen LogP contribution in [-0.4, -0.2) is 34.0 Å². The first-order chi connectivity index (χ1) is 14.0. The topological polar surface area (TPSA) is 75.7 Å². The maximum Gasteiger partial charge on any atom is 0.240 e. The zero-order valence-corrected chi connectivity index (χ0v) is 17.6. The van der Waals surface area contributed by atoms with Crippen molar-refractivity contribution in [1.29, 1.82) is 0 Å². The third kappa shape index (κ3) is 5.58. The number of nitrogens with one attached hydrogen (secondary N) is 1. The molecule has 1 aliphatic rings. The first-order valence-corrected chi connectivity index (χ1v) is 11.6. The fourth-order valence-electron chi connectivity index (χ4n) is 3.36. The highest BCUT2D eigenvalue weighted by molar-refractivity contribution is 7.89. The monoisotopic (exact) mass is 416 g/mol. The van der Waals surface area contributed by atoms with E-state index in [4.69, 9.17) is 4.74 Å². The van der Waals surface area contributed by atoms with Crippen molar-refractivity contribution in [3.8, 4) is 5.75 Å². The van der Waals surface area contributed by atoms with Crippen LogP contribution in [0.5, 0.6) is 5.75 Å². The largest absolute Gasteiger partial charge is 0.493 e. The number of benzene rings is 2. The number of ether oxygens (including phenoxy) is 1. The standard InChI is InChI=1S/C22H28N2O4S/c1-2-17-28-21-9-4-3-7-18(21)8-5-15-23-29(26,27)20-13-11-19(12-14-20)24-16-6-10-22(24)25/h3-4,7,9,11-14,23H,2,5-6,8,10,15-17H2,1H3. The molecule has 0 aliphatic carbocycles. The summed E-state index contributed by atoms with van der Waals surface area (Å²) >= 11 is 0. The van der Waals surface area contributed by atoms with Gasteiger partial charge in [0.2, 0.25) is 15.9 Å². The highest BCUT2D eigenvalue weighted by atomic mass is 32.2. The fourth-order valence-corrected chi connectivity index (χ4v) is 4.43. The normalized spacial score (nSPS) is 14.4. The molecule has 0 radical (unpaired) electrons. The number of aryl methyl sites for hydroxylation is 1. The number of carbonyl (C=O) groups excluding carboxylic acids is 1. The number of rotatable bonds is 10. The number of sulfonamides is 1. The minimum atomic E-state index is -3.58. The van der Waals surface area contributed by atoms with E-state index in [1.54, 1.807) is 29.2 Å². The third-order valence-corrected chi connectivity index (χ3v) is 6.36. The second kappa shape index (κ2) is 9.89. The Morgan fingerprint density at radius 1 is 1.10 bits per heavy atom. The first-order valence-electron chi connectivity index (χ1n) is 10.1. The Labute approximate surface area is 172 Å². The molecule has 1 fully saturated rings. The SMILES string of the molecule is CCCOc1ccccc1CCCNS(=O)(=O)c1ccc(N2CCCC2=O)cc1. The minimum Gasteiger partial charge on any atom is -0.493 e. The lowest BCUT2D eigenvalue weighted by atomic mass is 10.1. The van der Waals surface area contributed by atoms with Crippen molar-refractivity contribution >= 4 is 21.6 Å². The molecule has 1 aliphatic heterocycles. The molecule has 0 aromatic heterocycles. The van der Waals surface area contributed by atoms with Gasteiger partial charge in [-0.05, 0) is 61.6 Å². The lowest BCUT2D eigenvalue weighted by molar-refractivity contribution is -0.117. The molecule has 0 spiro atoms. The van der Waals surface area contributed by atoms with Gasteiger partial charge in [-0.2, -0.15) is 0 Å². The van der Waals surface area contributed by atoms with Crippen molar-refractivity contribution in [3.63, 3.8) is 0 Å². The maximum atomic E-state index is 12.5. The van der Waals surface area contributed by atoms with Gasteiger partial charge in [-0.25, -0.2) is 13.1 Å². The van der Waals surface area contributed by atoms with Crippen molar-refractivity contribution in [2.45, 2.75) is 43.9 Å². The second-order valence-corrected chi connectivity index (χ2v) is 8.87. The Kier molecular flexibility index (Phi) is 7.28. The summed E-state index contributed by atoms with van der Waals surface area (Å²) < 4.78 is 33.5. The summed E-state index contributed by atoms with van der Waals surface area (Å²) in [5.41, 5.74) is 1.83. The Morgan fingerprint density at radius 2 is 1.86 bits per heavy atom. The average Bonchev–Trinajstić information content (AvgIpc) is 3.16. The zero-order valence-electron chi connectivity index (χ0n) is 16.8. The van der Waals surface area contributed by atoms with Gasteiger partial charge in [0.15, 0.2) is 0 Å². The molecule has 0 unspecified atom stereocenters. The van der Waals surface area contributed by atoms with E-state index in [0.29, 0.717) is 32.5 Å². The molecule has 1 N–H and O–H groups in total. The number of para-hydroxylation sites is 1. The van der Waals surface area contributed by atoms with Gasteiger partial charge in [0, 0.05) is 25.2 Å². The fraction of sp³-hybridized carbons (Fsp3) is 0.409. The Morgan fingerprint density at radius 3 is 2.55 bits per heavy atom. The summed E-state index contributed by atoms with van der Waals surface area (Å²) in [6.07, 6.45) is 3.74. The highest BCUT2D eigenvalue weighted by Gasteiger charge is 2.22. The molecule has 29 heavy (non-hydrogen) atoms. The van der Waals surface area contributed by atoms with Crippen molar-refractivity contribution in [3.05, 3.63) is 54.1 Å². The summed E-state index contributed by atoms with van der Waals surface area (Å²) in [7, 11) is -3.58. The van der Waals surface area contributed by atoms with Crippen LogP contribution >= 0.6 is 0 Å². The molecule has 1 amide bonds. The summed E-state index contributed by atoms with van der Waals surface area (Å²) in [5, 5.41) is 0. The van der Waals surface area contributed by atoms with Crippen LogP contribution in [0.3, 0.4) is 0 Å². The number of hydrogen-bond donors (Lipinski definition) is 1. The quantitative estimate of drug-likeness (QED) is 0.602. The molecular formula is C22H28N2O4S. The summed E-state index contributed by atoms with van der Waals surface area (Å²) in [4.78, 5) is 13.7. The zero-order chi connectivity index (χ0) is 20.7. The van der Waals surface area contributed by atoms with Gasteiger partial charge in [0.1, 0.15) is 5.75 Å². The number of nitrogens with zero attached hydrogens (tertiary/aromatic N) is 1. The first kappa shape index (κ1) is 21.3. The van der Waals surface area contributed by atoms with E-state index in [1.165, 1.54) is 0 Å². The van der Waals surface area contributed by atoms with Crippen LogP contribution in [0, 0.1) is 0 Å². The van der Waals surface area contributed by atoms with E-state index < -0.39 is 10.0 Å². The predicted molar refractivity (Wildman–Crippen MR) is 114 cm³/mol. The maximum absolute atomic E-state index is 12.5. The van der Waals surface area contributed by atoms with Crippen LogP contribution in [-0.2, 0) is 21.2 Å². The average molecular weight is 417 g/mol. The van der Waals surface area contributed by atoms with Crippen molar-refractivity contribution < 1.29 is 17.9 Å². The smallest absolute Gasteiger partial charge is 0.240 e. The van der Waals surface area contributed by atoms with Gasteiger partial charge in [0.05, 0.1) is 11.5 Å². The molecule has 7 heteroatoms. The predicted octanol–water partition coefficient (Wildman–Crippen LogP) is 3.51. The van der Waals surface area contributed by atoms with Gasteiger partial charge >= 0.3 is 0 Å². The molecule has 0 bridgehead atoms. The van der Waals surface area contributed by atoms with Crippen molar-refractivity contribution in [1.82, 2.24) is 4.72 Å². The number of amides is 1. The Hall–Kier alpha value is -2.38. The summed E-state index contributed by atoms with van der Waals surface area (Å²) in [6.45, 7) is 3.76. The highest BCUT2D eigenvalue weighted by Crippen LogP contribution is 2.23.